The summed E-state index contributed by atoms with van der Waals surface area (Å²) in [6, 6.07) is 18.5. The number of nitrogens with zero attached hydrogens (tertiary/aromatic N) is 3. The number of aromatic nitrogens is 1. The van der Waals surface area contributed by atoms with E-state index in [1.165, 1.54) is 35.8 Å². The van der Waals surface area contributed by atoms with Crippen LogP contribution in [-0.2, 0) is 4.79 Å². The van der Waals surface area contributed by atoms with Crippen LogP contribution < -0.4 is 10.2 Å². The maximum Gasteiger partial charge on any atom is 0.244 e. The summed E-state index contributed by atoms with van der Waals surface area (Å²) < 4.78 is 6.02. The quantitative estimate of drug-likeness (QED) is 0.487. The Labute approximate surface area is 206 Å². The highest BCUT2D eigenvalue weighted by molar-refractivity contribution is 7.13. The molecule has 5 nitrogen and oxygen atoms in total. The number of amides is 1. The number of benzene rings is 2. The number of fused-ring (bicyclic) bond motifs is 1. The van der Waals surface area contributed by atoms with Crippen LogP contribution in [0.4, 0.5) is 5.82 Å². The third-order valence-electron chi connectivity index (χ3n) is 7.35. The lowest BCUT2D eigenvalue weighted by Crippen LogP contribution is -2.49. The first kappa shape index (κ1) is 23.1. The van der Waals surface area contributed by atoms with Gasteiger partial charge in [0, 0.05) is 50.7 Å². The van der Waals surface area contributed by atoms with Gasteiger partial charge in [0.2, 0.25) is 5.91 Å². The van der Waals surface area contributed by atoms with E-state index in [1.807, 2.05) is 36.4 Å². The molecule has 0 radical (unpaired) electrons. The Morgan fingerprint density at radius 2 is 1.71 bits per heavy atom. The Morgan fingerprint density at radius 3 is 2.53 bits per heavy atom. The van der Waals surface area contributed by atoms with Gasteiger partial charge < -0.3 is 10.2 Å². The van der Waals surface area contributed by atoms with E-state index in [0.29, 0.717) is 11.8 Å². The van der Waals surface area contributed by atoms with Crippen LogP contribution in [-0.4, -0.2) is 54.4 Å². The molecule has 3 aromatic rings. The molecule has 0 unspecified atom stereocenters. The molecule has 1 saturated carbocycles. The Bertz CT molecular complexity index is 1100. The Kier molecular flexibility index (Phi) is 7.56. The van der Waals surface area contributed by atoms with Crippen molar-refractivity contribution in [1.82, 2.24) is 14.6 Å². The van der Waals surface area contributed by atoms with E-state index in [-0.39, 0.29) is 5.91 Å². The van der Waals surface area contributed by atoms with Crippen LogP contribution in [0.1, 0.15) is 31.2 Å². The lowest BCUT2D eigenvalue weighted by molar-refractivity contribution is -0.116. The summed E-state index contributed by atoms with van der Waals surface area (Å²) in [7, 11) is 0. The lowest BCUT2D eigenvalue weighted by atomic mass is 9.78. The van der Waals surface area contributed by atoms with Crippen molar-refractivity contribution in [3.63, 3.8) is 0 Å². The van der Waals surface area contributed by atoms with Gasteiger partial charge in [-0.1, -0.05) is 55.3 Å². The van der Waals surface area contributed by atoms with E-state index >= 15 is 0 Å². The first-order valence-corrected chi connectivity index (χ1v) is 13.4. The summed E-state index contributed by atoms with van der Waals surface area (Å²) in [5, 5.41) is 4.46. The van der Waals surface area contributed by atoms with Gasteiger partial charge in [0.05, 0.1) is 4.70 Å². The normalized spacial score (nSPS) is 21.8. The molecule has 0 spiro atoms. The summed E-state index contributed by atoms with van der Waals surface area (Å²) in [6.07, 6.45) is 8.64. The van der Waals surface area contributed by atoms with Gasteiger partial charge in [-0.15, -0.1) is 0 Å². The van der Waals surface area contributed by atoms with Crippen LogP contribution in [0.5, 0.6) is 0 Å². The van der Waals surface area contributed by atoms with Crippen molar-refractivity contribution in [2.75, 3.05) is 44.2 Å². The van der Waals surface area contributed by atoms with E-state index in [1.54, 1.807) is 17.6 Å². The molecule has 2 atom stereocenters. The standard InChI is InChI=1S/C28H34N4OS/c33-27(15-14-22-8-2-1-3-9-22)29-20-23-10-4-5-11-24(23)21-31-16-18-32(19-17-31)28-25-12-6-7-13-26(25)34-30-28/h1-3,6-9,12-15,23-24H,4-5,10-11,16-21H2,(H,29,33)/b15-14+/t23-,24+/m1/s1. The summed E-state index contributed by atoms with van der Waals surface area (Å²) in [4.78, 5) is 17.5. The zero-order chi connectivity index (χ0) is 23.2. The van der Waals surface area contributed by atoms with Crippen molar-refractivity contribution in [3.05, 3.63) is 66.2 Å². The average Bonchev–Trinajstić information content (AvgIpc) is 3.32. The van der Waals surface area contributed by atoms with Crippen molar-refractivity contribution >= 4 is 39.4 Å². The molecule has 1 aromatic heterocycles. The molecule has 1 N–H and O–H groups in total. The highest BCUT2D eigenvalue weighted by Crippen LogP contribution is 2.32. The molecule has 1 aliphatic carbocycles. The number of nitrogens with one attached hydrogen (secondary N) is 1. The van der Waals surface area contributed by atoms with Crippen molar-refractivity contribution in [1.29, 1.82) is 0 Å². The van der Waals surface area contributed by atoms with Crippen LogP contribution >= 0.6 is 11.5 Å². The zero-order valence-electron chi connectivity index (χ0n) is 19.7. The Balaban J connectivity index is 1.11. The average molecular weight is 475 g/mol. The second-order valence-corrected chi connectivity index (χ2v) is 10.4. The SMILES string of the molecule is O=C(/C=C/c1ccccc1)NC[C@H]1CCCC[C@H]1CN1CCN(c2nsc3ccccc23)CC1. The monoisotopic (exact) mass is 474 g/mol. The lowest BCUT2D eigenvalue weighted by Gasteiger charge is -2.40. The van der Waals surface area contributed by atoms with E-state index in [0.717, 1.165) is 50.6 Å². The van der Waals surface area contributed by atoms with Gasteiger partial charge in [0.25, 0.3) is 0 Å². The van der Waals surface area contributed by atoms with Crippen molar-refractivity contribution in [2.24, 2.45) is 11.8 Å². The molecule has 2 aromatic carbocycles. The molecule has 1 saturated heterocycles. The maximum atomic E-state index is 12.4. The second-order valence-electron chi connectivity index (χ2n) is 9.58. The first-order chi connectivity index (χ1) is 16.8. The molecule has 2 aliphatic rings. The van der Waals surface area contributed by atoms with Crippen LogP contribution in [0, 0.1) is 11.8 Å². The molecule has 1 aliphatic heterocycles. The molecular weight excluding hydrogens is 440 g/mol. The van der Waals surface area contributed by atoms with Crippen LogP contribution in [0.15, 0.2) is 60.7 Å². The van der Waals surface area contributed by atoms with Crippen LogP contribution in [0.25, 0.3) is 16.2 Å². The van der Waals surface area contributed by atoms with Gasteiger partial charge in [-0.2, -0.15) is 4.37 Å². The molecule has 34 heavy (non-hydrogen) atoms. The van der Waals surface area contributed by atoms with Gasteiger partial charge in [0.15, 0.2) is 0 Å². The van der Waals surface area contributed by atoms with Gasteiger partial charge in [-0.05, 0) is 60.0 Å². The van der Waals surface area contributed by atoms with Gasteiger partial charge in [0.1, 0.15) is 5.82 Å². The van der Waals surface area contributed by atoms with Gasteiger partial charge in [-0.3, -0.25) is 9.69 Å². The highest BCUT2D eigenvalue weighted by atomic mass is 32.1. The second kappa shape index (κ2) is 11.2. The third-order valence-corrected chi connectivity index (χ3v) is 8.17. The zero-order valence-corrected chi connectivity index (χ0v) is 20.6. The highest BCUT2D eigenvalue weighted by Gasteiger charge is 2.29. The van der Waals surface area contributed by atoms with Crippen molar-refractivity contribution in [3.8, 4) is 0 Å². The Morgan fingerprint density at radius 1 is 0.971 bits per heavy atom. The number of piperazine rings is 1. The van der Waals surface area contributed by atoms with Crippen LogP contribution in [0.3, 0.4) is 0 Å². The van der Waals surface area contributed by atoms with Gasteiger partial charge in [-0.25, -0.2) is 0 Å². The summed E-state index contributed by atoms with van der Waals surface area (Å²) in [5.74, 6) is 2.40. The molecule has 0 bridgehead atoms. The summed E-state index contributed by atoms with van der Waals surface area (Å²) in [6.45, 7) is 6.17. The molecule has 2 fully saturated rings. The largest absolute Gasteiger partial charge is 0.353 e. The van der Waals surface area contributed by atoms with E-state index in [9.17, 15) is 4.79 Å². The molecule has 178 valence electrons. The van der Waals surface area contributed by atoms with Gasteiger partial charge >= 0.3 is 0 Å². The predicted octanol–water partition coefficient (Wildman–Crippen LogP) is 5.05. The minimum absolute atomic E-state index is 0.0114. The number of hydrogen-bond donors (Lipinski definition) is 1. The number of anilines is 1. The molecule has 1 amide bonds. The Hall–Kier alpha value is -2.70. The molecule has 2 heterocycles. The number of rotatable bonds is 7. The number of hydrogen-bond acceptors (Lipinski definition) is 5. The van der Waals surface area contributed by atoms with Crippen LogP contribution in [0.2, 0.25) is 0 Å². The maximum absolute atomic E-state index is 12.4. The third kappa shape index (κ3) is 5.68. The smallest absolute Gasteiger partial charge is 0.244 e. The number of carbonyl (C=O) groups is 1. The topological polar surface area (TPSA) is 48.5 Å². The number of carbonyl (C=O) groups excluding carboxylic acids is 1. The fourth-order valence-corrected chi connectivity index (χ4v) is 6.19. The van der Waals surface area contributed by atoms with E-state index < -0.39 is 0 Å². The van der Waals surface area contributed by atoms with E-state index in [2.05, 4.69) is 39.4 Å². The minimum Gasteiger partial charge on any atom is -0.353 e. The molecule has 5 rings (SSSR count). The molecular formula is C28H34N4OS. The van der Waals surface area contributed by atoms with E-state index in [4.69, 9.17) is 4.37 Å². The van der Waals surface area contributed by atoms with Crippen molar-refractivity contribution < 1.29 is 4.79 Å². The predicted molar refractivity (Wildman–Crippen MR) is 142 cm³/mol. The minimum atomic E-state index is 0.0114. The first-order valence-electron chi connectivity index (χ1n) is 12.6. The molecule has 6 heteroatoms. The fourth-order valence-electron chi connectivity index (χ4n) is 5.39. The fraction of sp³-hybridized carbons (Fsp3) is 0.429. The van der Waals surface area contributed by atoms with Crippen molar-refractivity contribution in [2.45, 2.75) is 25.7 Å². The summed E-state index contributed by atoms with van der Waals surface area (Å²) in [5.41, 5.74) is 1.05. The summed E-state index contributed by atoms with van der Waals surface area (Å²) >= 11 is 1.60.